The first-order chi connectivity index (χ1) is 19.0. The summed E-state index contributed by atoms with van der Waals surface area (Å²) in [5.74, 6) is -6.31. The lowest BCUT2D eigenvalue weighted by Crippen LogP contribution is -2.65. The Hall–Kier alpha value is -3.41. The zero-order valence-electron chi connectivity index (χ0n) is 24.7. The van der Waals surface area contributed by atoms with Crippen LogP contribution in [0.15, 0.2) is 23.0 Å². The van der Waals surface area contributed by atoms with Crippen LogP contribution < -0.4 is 10.5 Å². The molecule has 0 unspecified atom stereocenters. The summed E-state index contributed by atoms with van der Waals surface area (Å²) in [6.45, 7) is 10.5. The van der Waals surface area contributed by atoms with Crippen molar-refractivity contribution in [2.24, 2.45) is 23.0 Å². The zero-order chi connectivity index (χ0) is 30.8. The van der Waals surface area contributed by atoms with E-state index in [1.165, 1.54) is 18.1 Å². The number of nitrogens with zero attached hydrogens (tertiary/aromatic N) is 2. The van der Waals surface area contributed by atoms with Gasteiger partial charge in [0.05, 0.1) is 18.7 Å². The van der Waals surface area contributed by atoms with Crippen LogP contribution in [-0.4, -0.2) is 93.6 Å². The van der Waals surface area contributed by atoms with Gasteiger partial charge in [0.15, 0.2) is 11.4 Å². The van der Waals surface area contributed by atoms with E-state index in [4.69, 9.17) is 10.5 Å². The number of aliphatic hydroxyl groups excluding tert-OH is 2. The van der Waals surface area contributed by atoms with E-state index in [0.717, 1.165) is 18.7 Å². The topological polar surface area (TPSA) is 174 Å². The summed E-state index contributed by atoms with van der Waals surface area (Å²) in [6, 6.07) is 0.374. The normalized spacial score (nSPS) is 26.3. The molecule has 4 atom stereocenters. The standard InChI is InChI=1S/C30H41N3O8/c1-8-33(13-29(2,3)4)12-15-11-18(34)20-16(25(15)41-7)9-14-10-17-22(32(5)6)24(36)21(28(31)39)27(38)30(17,40)26(37)19(14)23(20)35/h11,14,17,22,34-35,38,40H,8-10,12-13H2,1-7H3,(H2,31,39)/t14-,17-,22-,30-/m0/s1. The lowest BCUT2D eigenvalue weighted by atomic mass is 9.57. The molecule has 0 aromatic heterocycles. The van der Waals surface area contributed by atoms with Gasteiger partial charge in [-0.1, -0.05) is 27.7 Å². The van der Waals surface area contributed by atoms with Gasteiger partial charge in [-0.3, -0.25) is 24.2 Å². The average Bonchev–Trinajstić information content (AvgIpc) is 2.84. The SMILES string of the molecule is CCN(Cc1cc(O)c2c(c1OC)C[C@H]1C[C@H]3[C@H](N(C)C)C(=O)C(C(N)=O)=C(O)[C@@]3(O)C(=O)C1=C2O)CC(C)(C)C. The van der Waals surface area contributed by atoms with Gasteiger partial charge >= 0.3 is 0 Å². The van der Waals surface area contributed by atoms with Gasteiger partial charge in [0.2, 0.25) is 5.78 Å². The maximum Gasteiger partial charge on any atom is 0.255 e. The molecule has 3 aliphatic rings. The molecule has 0 saturated heterocycles. The summed E-state index contributed by atoms with van der Waals surface area (Å²) in [7, 11) is 4.64. The molecule has 224 valence electrons. The van der Waals surface area contributed by atoms with Crippen molar-refractivity contribution in [3.63, 3.8) is 0 Å². The number of fused-ring (bicyclic) bond motifs is 3. The lowest BCUT2D eigenvalue weighted by Gasteiger charge is -2.50. The Kier molecular flexibility index (Phi) is 7.79. The second-order valence-corrected chi connectivity index (χ2v) is 12.8. The monoisotopic (exact) mass is 571 g/mol. The number of ketones is 2. The van der Waals surface area contributed by atoms with Crippen molar-refractivity contribution in [1.82, 2.24) is 9.80 Å². The second-order valence-electron chi connectivity index (χ2n) is 12.8. The fraction of sp³-hybridized carbons (Fsp3) is 0.567. The highest BCUT2D eigenvalue weighted by Crippen LogP contribution is 2.54. The fourth-order valence-electron chi connectivity index (χ4n) is 6.92. The summed E-state index contributed by atoms with van der Waals surface area (Å²) in [6.07, 6.45) is 0.190. The number of Topliss-reactive ketones (excluding diaryl/α,β-unsaturated/α-hetero) is 2. The molecule has 0 bridgehead atoms. The van der Waals surface area contributed by atoms with E-state index in [-0.39, 0.29) is 35.1 Å². The fourth-order valence-corrected chi connectivity index (χ4v) is 6.92. The largest absolute Gasteiger partial charge is 0.508 e. The van der Waals surface area contributed by atoms with Gasteiger partial charge in [0, 0.05) is 35.7 Å². The van der Waals surface area contributed by atoms with Crippen molar-refractivity contribution in [3.8, 4) is 11.5 Å². The summed E-state index contributed by atoms with van der Waals surface area (Å²) in [5.41, 5.74) is 2.96. The molecule has 6 N–H and O–H groups in total. The molecule has 41 heavy (non-hydrogen) atoms. The van der Waals surface area contributed by atoms with Crippen LogP contribution in [0.5, 0.6) is 11.5 Å². The number of carbonyl (C=O) groups excluding carboxylic acids is 3. The summed E-state index contributed by atoms with van der Waals surface area (Å²) >= 11 is 0. The van der Waals surface area contributed by atoms with Crippen molar-refractivity contribution in [2.75, 3.05) is 34.3 Å². The number of primary amides is 1. The highest BCUT2D eigenvalue weighted by Gasteiger charge is 2.64. The van der Waals surface area contributed by atoms with Crippen LogP contribution in [0.3, 0.4) is 0 Å². The van der Waals surface area contributed by atoms with Gasteiger partial charge in [-0.05, 0) is 50.9 Å². The Balaban J connectivity index is 1.89. The number of phenolic OH excluding ortho intramolecular Hbond substituents is 1. The van der Waals surface area contributed by atoms with Gasteiger partial charge < -0.3 is 30.9 Å². The zero-order valence-corrected chi connectivity index (χ0v) is 24.7. The number of ether oxygens (including phenoxy) is 1. The quantitative estimate of drug-likeness (QED) is 0.304. The second kappa shape index (κ2) is 10.5. The molecule has 11 nitrogen and oxygen atoms in total. The third-order valence-electron chi connectivity index (χ3n) is 8.49. The van der Waals surface area contributed by atoms with Crippen molar-refractivity contribution >= 4 is 23.2 Å². The molecule has 1 aromatic carbocycles. The van der Waals surface area contributed by atoms with Crippen LogP contribution in [0.4, 0.5) is 0 Å². The van der Waals surface area contributed by atoms with Gasteiger partial charge in [-0.15, -0.1) is 0 Å². The van der Waals surface area contributed by atoms with Crippen LogP contribution in [0.1, 0.15) is 50.8 Å². The van der Waals surface area contributed by atoms with Gasteiger partial charge in [-0.25, -0.2) is 0 Å². The van der Waals surface area contributed by atoms with E-state index in [0.29, 0.717) is 17.9 Å². The van der Waals surface area contributed by atoms with E-state index in [1.54, 1.807) is 14.1 Å². The predicted molar refractivity (Wildman–Crippen MR) is 151 cm³/mol. The Morgan fingerprint density at radius 3 is 2.34 bits per heavy atom. The van der Waals surface area contributed by atoms with E-state index >= 15 is 0 Å². The maximum atomic E-state index is 14.0. The number of hydrogen-bond donors (Lipinski definition) is 5. The third-order valence-corrected chi connectivity index (χ3v) is 8.49. The molecule has 0 spiro atoms. The smallest absolute Gasteiger partial charge is 0.255 e. The van der Waals surface area contributed by atoms with Crippen LogP contribution in [0, 0.1) is 17.3 Å². The van der Waals surface area contributed by atoms with Crippen molar-refractivity contribution in [1.29, 1.82) is 0 Å². The first kappa shape index (κ1) is 30.5. The third kappa shape index (κ3) is 4.79. The molecule has 4 rings (SSSR count). The van der Waals surface area contributed by atoms with E-state index < -0.39 is 58.0 Å². The number of methoxy groups -OCH3 is 1. The minimum atomic E-state index is -2.67. The molecule has 0 heterocycles. The number of likely N-dealkylation sites (N-methyl/N-ethyl adjacent to an activating group) is 1. The Morgan fingerprint density at radius 2 is 1.83 bits per heavy atom. The maximum absolute atomic E-state index is 14.0. The van der Waals surface area contributed by atoms with E-state index in [2.05, 4.69) is 25.7 Å². The number of rotatable bonds is 7. The highest BCUT2D eigenvalue weighted by molar-refractivity contribution is 6.24. The van der Waals surface area contributed by atoms with Gasteiger partial charge in [0.25, 0.3) is 5.91 Å². The van der Waals surface area contributed by atoms with Crippen LogP contribution in [0.2, 0.25) is 0 Å². The number of amides is 1. The highest BCUT2D eigenvalue weighted by atomic mass is 16.5. The van der Waals surface area contributed by atoms with E-state index in [1.807, 2.05) is 6.92 Å². The van der Waals surface area contributed by atoms with Crippen molar-refractivity contribution in [2.45, 2.75) is 58.7 Å². The summed E-state index contributed by atoms with van der Waals surface area (Å²) < 4.78 is 5.82. The van der Waals surface area contributed by atoms with Crippen molar-refractivity contribution < 1.29 is 39.5 Å². The first-order valence-corrected chi connectivity index (χ1v) is 13.8. The number of nitrogens with two attached hydrogens (primary N) is 1. The number of phenols is 1. The molecule has 1 fully saturated rings. The molecule has 3 aliphatic carbocycles. The minimum absolute atomic E-state index is 0.0146. The molecule has 1 saturated carbocycles. The number of aromatic hydroxyl groups is 1. The lowest BCUT2D eigenvalue weighted by molar-refractivity contribution is -0.153. The molecule has 11 heteroatoms. The summed E-state index contributed by atoms with van der Waals surface area (Å²) in [5, 5.41) is 45.3. The Morgan fingerprint density at radius 1 is 1.20 bits per heavy atom. The number of aliphatic hydroxyl groups is 3. The molecular formula is C30H41N3O8. The Labute approximate surface area is 239 Å². The average molecular weight is 572 g/mol. The molecule has 1 aromatic rings. The molecular weight excluding hydrogens is 530 g/mol. The first-order valence-electron chi connectivity index (χ1n) is 13.8. The number of carbonyl (C=O) groups is 3. The molecule has 1 amide bonds. The number of hydrogen-bond acceptors (Lipinski definition) is 10. The minimum Gasteiger partial charge on any atom is -0.508 e. The van der Waals surface area contributed by atoms with E-state index in [9.17, 15) is 34.8 Å². The van der Waals surface area contributed by atoms with Crippen LogP contribution in [-0.2, 0) is 27.3 Å². The number of benzene rings is 1. The predicted octanol–water partition coefficient (Wildman–Crippen LogP) is 1.84. The molecule has 0 aliphatic heterocycles. The van der Waals surface area contributed by atoms with Gasteiger partial charge in [0.1, 0.15) is 28.6 Å². The molecule has 0 radical (unpaired) electrons. The summed E-state index contributed by atoms with van der Waals surface area (Å²) in [4.78, 5) is 43.1. The van der Waals surface area contributed by atoms with Crippen molar-refractivity contribution in [3.05, 3.63) is 39.7 Å². The van der Waals surface area contributed by atoms with Crippen LogP contribution >= 0.6 is 0 Å². The van der Waals surface area contributed by atoms with Gasteiger partial charge in [-0.2, -0.15) is 0 Å². The van der Waals surface area contributed by atoms with Crippen LogP contribution in [0.25, 0.3) is 5.76 Å². The Bertz CT molecular complexity index is 1370.